The Morgan fingerprint density at radius 2 is 1.56 bits per heavy atom. The van der Waals surface area contributed by atoms with Gasteiger partial charge in [-0.05, 0) is 79.4 Å². The van der Waals surface area contributed by atoms with Crippen LogP contribution in [0.4, 0.5) is 10.1 Å². The van der Waals surface area contributed by atoms with Crippen LogP contribution < -0.4 is 5.73 Å². The number of nitrogen functional groups attached to an aromatic ring is 1. The van der Waals surface area contributed by atoms with Gasteiger partial charge in [-0.1, -0.05) is 6.07 Å². The average molecular weight is 245 g/mol. The van der Waals surface area contributed by atoms with E-state index in [1.54, 1.807) is 12.1 Å². The van der Waals surface area contributed by atoms with Crippen LogP contribution in [0.25, 0.3) is 0 Å². The summed E-state index contributed by atoms with van der Waals surface area (Å²) in [6, 6.07) is 5.54. The van der Waals surface area contributed by atoms with Crippen LogP contribution in [0, 0.1) is 23.6 Å². The Morgan fingerprint density at radius 1 is 1.00 bits per heavy atom. The third-order valence-electron chi connectivity index (χ3n) is 5.65. The summed E-state index contributed by atoms with van der Waals surface area (Å²) < 4.78 is 13.7. The van der Waals surface area contributed by atoms with E-state index in [1.807, 2.05) is 0 Å². The highest BCUT2D eigenvalue weighted by molar-refractivity contribution is 5.44. The molecule has 0 aliphatic heterocycles. The zero-order valence-corrected chi connectivity index (χ0v) is 10.7. The van der Waals surface area contributed by atoms with Gasteiger partial charge in [-0.3, -0.25) is 0 Å². The first-order chi connectivity index (χ1) is 8.64. The molecule has 0 aromatic heterocycles. The first-order valence-electron chi connectivity index (χ1n) is 7.20. The predicted molar refractivity (Wildman–Crippen MR) is 70.7 cm³/mol. The van der Waals surface area contributed by atoms with Gasteiger partial charge >= 0.3 is 0 Å². The van der Waals surface area contributed by atoms with E-state index < -0.39 is 0 Å². The maximum Gasteiger partial charge on any atom is 0.146 e. The van der Waals surface area contributed by atoms with Crippen LogP contribution in [-0.2, 0) is 5.41 Å². The third kappa shape index (κ3) is 1.44. The first kappa shape index (κ1) is 10.8. The molecule has 96 valence electrons. The number of hydrogen-bond acceptors (Lipinski definition) is 1. The van der Waals surface area contributed by atoms with Gasteiger partial charge in [0.2, 0.25) is 0 Å². The number of rotatable bonds is 1. The summed E-state index contributed by atoms with van der Waals surface area (Å²) in [5.74, 6) is 2.47. The van der Waals surface area contributed by atoms with Crippen molar-refractivity contribution in [3.63, 3.8) is 0 Å². The quantitative estimate of drug-likeness (QED) is 0.747. The fraction of sp³-hybridized carbons (Fsp3) is 0.625. The molecule has 1 aromatic rings. The number of halogens is 1. The minimum absolute atomic E-state index is 0.233. The van der Waals surface area contributed by atoms with Crippen molar-refractivity contribution in [2.75, 3.05) is 5.73 Å². The standard InChI is InChI=1S/C16H20FN/c17-14-6-13(1-2-15(14)18)16-7-10-3-11(8-16)5-12(4-10)9-16/h1-2,6,10-12H,3-5,7-9,18H2. The highest BCUT2D eigenvalue weighted by Gasteiger charge is 2.51. The molecule has 2 heteroatoms. The van der Waals surface area contributed by atoms with Crippen molar-refractivity contribution in [2.45, 2.75) is 43.9 Å². The molecule has 0 saturated heterocycles. The smallest absolute Gasteiger partial charge is 0.146 e. The van der Waals surface area contributed by atoms with Crippen LogP contribution >= 0.6 is 0 Å². The fourth-order valence-corrected chi connectivity index (χ4v) is 5.32. The van der Waals surface area contributed by atoms with Crippen molar-refractivity contribution in [2.24, 2.45) is 17.8 Å². The number of anilines is 1. The monoisotopic (exact) mass is 245 g/mol. The van der Waals surface area contributed by atoms with Gasteiger partial charge in [0, 0.05) is 0 Å². The lowest BCUT2D eigenvalue weighted by Gasteiger charge is -2.57. The van der Waals surface area contributed by atoms with Gasteiger partial charge in [0.25, 0.3) is 0 Å². The summed E-state index contributed by atoms with van der Waals surface area (Å²) in [5, 5.41) is 0. The lowest BCUT2D eigenvalue weighted by Crippen LogP contribution is -2.48. The minimum atomic E-state index is -0.233. The summed E-state index contributed by atoms with van der Waals surface area (Å²) in [4.78, 5) is 0. The van der Waals surface area contributed by atoms with Crippen LogP contribution in [0.3, 0.4) is 0 Å². The molecule has 0 atom stereocenters. The van der Waals surface area contributed by atoms with Gasteiger partial charge in [-0.25, -0.2) is 4.39 Å². The highest BCUT2D eigenvalue weighted by Crippen LogP contribution is 2.60. The van der Waals surface area contributed by atoms with Gasteiger partial charge < -0.3 is 5.73 Å². The van der Waals surface area contributed by atoms with E-state index in [2.05, 4.69) is 6.07 Å². The normalized spacial score (nSPS) is 41.3. The Hall–Kier alpha value is -1.05. The molecule has 2 N–H and O–H groups in total. The number of nitrogens with two attached hydrogens (primary N) is 1. The minimum Gasteiger partial charge on any atom is -0.396 e. The van der Waals surface area contributed by atoms with E-state index >= 15 is 0 Å². The van der Waals surface area contributed by atoms with Crippen molar-refractivity contribution in [3.8, 4) is 0 Å². The molecule has 1 nitrogen and oxygen atoms in total. The van der Waals surface area contributed by atoms with Crippen LogP contribution in [0.1, 0.15) is 44.1 Å². The summed E-state index contributed by atoms with van der Waals surface area (Å²) in [5.41, 5.74) is 7.38. The van der Waals surface area contributed by atoms with E-state index in [0.717, 1.165) is 17.8 Å². The second kappa shape index (κ2) is 3.49. The van der Waals surface area contributed by atoms with Crippen molar-refractivity contribution in [3.05, 3.63) is 29.6 Å². The van der Waals surface area contributed by atoms with Crippen molar-refractivity contribution in [1.29, 1.82) is 0 Å². The Morgan fingerprint density at radius 3 is 2.06 bits per heavy atom. The Balaban J connectivity index is 1.76. The summed E-state index contributed by atoms with van der Waals surface area (Å²) >= 11 is 0. The average Bonchev–Trinajstić information content (AvgIpc) is 2.31. The molecule has 4 saturated carbocycles. The summed E-state index contributed by atoms with van der Waals surface area (Å²) in [6.45, 7) is 0. The van der Waals surface area contributed by atoms with E-state index in [4.69, 9.17) is 5.73 Å². The van der Waals surface area contributed by atoms with E-state index in [9.17, 15) is 4.39 Å². The van der Waals surface area contributed by atoms with Gasteiger partial charge in [-0.2, -0.15) is 0 Å². The fourth-order valence-electron chi connectivity index (χ4n) is 5.32. The van der Waals surface area contributed by atoms with Crippen LogP contribution in [-0.4, -0.2) is 0 Å². The molecule has 5 rings (SSSR count). The Bertz CT molecular complexity index is 459. The summed E-state index contributed by atoms with van der Waals surface area (Å²) in [7, 11) is 0. The first-order valence-corrected chi connectivity index (χ1v) is 7.20. The zero-order valence-electron chi connectivity index (χ0n) is 10.7. The molecule has 4 aliphatic rings. The van der Waals surface area contributed by atoms with E-state index in [1.165, 1.54) is 44.1 Å². The molecular formula is C16H20FN. The van der Waals surface area contributed by atoms with Crippen LogP contribution in [0.15, 0.2) is 18.2 Å². The van der Waals surface area contributed by atoms with Crippen molar-refractivity contribution < 1.29 is 4.39 Å². The number of benzene rings is 1. The molecule has 0 amide bonds. The maximum atomic E-state index is 13.7. The SMILES string of the molecule is Nc1ccc(C23CC4CC(CC(C4)C2)C3)cc1F. The molecule has 0 unspecified atom stereocenters. The van der Waals surface area contributed by atoms with E-state index in [0.29, 0.717) is 0 Å². The molecule has 4 aliphatic carbocycles. The van der Waals surface area contributed by atoms with Crippen molar-refractivity contribution in [1.82, 2.24) is 0 Å². The highest BCUT2D eigenvalue weighted by atomic mass is 19.1. The zero-order chi connectivity index (χ0) is 12.3. The lowest BCUT2D eigenvalue weighted by atomic mass is 9.48. The predicted octanol–water partition coefficient (Wildman–Crippen LogP) is 3.88. The second-order valence-corrected chi connectivity index (χ2v) is 6.93. The van der Waals surface area contributed by atoms with Crippen LogP contribution in [0.5, 0.6) is 0 Å². The molecule has 0 radical (unpaired) electrons. The van der Waals surface area contributed by atoms with Crippen molar-refractivity contribution >= 4 is 5.69 Å². The Labute approximate surface area is 108 Å². The van der Waals surface area contributed by atoms with Gasteiger partial charge in [0.1, 0.15) is 5.82 Å². The van der Waals surface area contributed by atoms with Gasteiger partial charge in [0.15, 0.2) is 0 Å². The molecule has 1 aromatic carbocycles. The van der Waals surface area contributed by atoms with Gasteiger partial charge in [0.05, 0.1) is 5.69 Å². The molecule has 4 fully saturated rings. The van der Waals surface area contributed by atoms with E-state index in [-0.39, 0.29) is 16.9 Å². The second-order valence-electron chi connectivity index (χ2n) is 6.93. The summed E-state index contributed by atoms with van der Waals surface area (Å²) in [6.07, 6.45) is 8.12. The number of hydrogen-bond donors (Lipinski definition) is 1. The topological polar surface area (TPSA) is 26.0 Å². The molecule has 18 heavy (non-hydrogen) atoms. The largest absolute Gasteiger partial charge is 0.396 e. The molecular weight excluding hydrogens is 225 g/mol. The van der Waals surface area contributed by atoms with Gasteiger partial charge in [-0.15, -0.1) is 0 Å². The lowest BCUT2D eigenvalue weighted by molar-refractivity contribution is -0.00530. The maximum absolute atomic E-state index is 13.7. The van der Waals surface area contributed by atoms with Crippen LogP contribution in [0.2, 0.25) is 0 Å². The third-order valence-corrected chi connectivity index (χ3v) is 5.65. The Kier molecular flexibility index (Phi) is 2.10. The molecule has 4 bridgehead atoms. The molecule has 0 spiro atoms. The molecule has 0 heterocycles.